The lowest BCUT2D eigenvalue weighted by molar-refractivity contribution is -0.0516. The third-order valence-electron chi connectivity index (χ3n) is 6.51. The van der Waals surface area contributed by atoms with Gasteiger partial charge < -0.3 is 19.8 Å². The Morgan fingerprint density at radius 1 is 1.05 bits per heavy atom. The summed E-state index contributed by atoms with van der Waals surface area (Å²) in [5, 5.41) is 24.4. The molecule has 3 aromatic heterocycles. The lowest BCUT2D eigenvalue weighted by Crippen LogP contribution is -2.39. The molecule has 0 radical (unpaired) electrons. The lowest BCUT2D eigenvalue weighted by atomic mass is 9.98. The number of benzene rings is 1. The number of halogens is 4. The van der Waals surface area contributed by atoms with Crippen LogP contribution in [0.1, 0.15) is 45.0 Å². The van der Waals surface area contributed by atoms with Crippen LogP contribution in [0.15, 0.2) is 42.9 Å². The van der Waals surface area contributed by atoms with E-state index in [9.17, 15) is 27.8 Å². The molecule has 9 nitrogen and oxygen atoms in total. The predicted octanol–water partition coefficient (Wildman–Crippen LogP) is 4.41. The van der Waals surface area contributed by atoms with E-state index >= 15 is 0 Å². The van der Waals surface area contributed by atoms with E-state index in [1.54, 1.807) is 0 Å². The number of hydrogen-bond acceptors (Lipinski definition) is 8. The zero-order chi connectivity index (χ0) is 27.9. The molecular weight excluding hydrogens is 520 g/mol. The van der Waals surface area contributed by atoms with E-state index in [2.05, 4.69) is 15.1 Å². The first kappa shape index (κ1) is 26.8. The number of nitrogens with zero attached hydrogens (tertiary/aromatic N) is 6. The number of hydrogen-bond donors (Lipinski definition) is 2. The largest absolute Gasteiger partial charge is 0.487 e. The first-order chi connectivity index (χ1) is 18.5. The van der Waals surface area contributed by atoms with E-state index in [4.69, 9.17) is 9.72 Å². The molecule has 1 aromatic carbocycles. The zero-order valence-electron chi connectivity index (χ0n) is 21.1. The van der Waals surface area contributed by atoms with Crippen molar-refractivity contribution in [3.05, 3.63) is 60.2 Å². The van der Waals surface area contributed by atoms with Crippen LogP contribution in [0, 0.1) is 11.6 Å². The highest BCUT2D eigenvalue weighted by Gasteiger charge is 2.29. The number of aliphatic hydroxyl groups is 2. The maximum atomic E-state index is 14.0. The van der Waals surface area contributed by atoms with Crippen molar-refractivity contribution in [3.8, 4) is 17.0 Å². The van der Waals surface area contributed by atoms with Crippen molar-refractivity contribution in [1.82, 2.24) is 24.7 Å². The van der Waals surface area contributed by atoms with Crippen molar-refractivity contribution in [2.24, 2.45) is 0 Å². The van der Waals surface area contributed by atoms with Crippen molar-refractivity contribution in [3.63, 3.8) is 0 Å². The number of piperidine rings is 1. The Hall–Kier alpha value is -3.84. The number of ether oxygens (including phenoxy) is 1. The molecule has 1 fully saturated rings. The van der Waals surface area contributed by atoms with E-state index in [0.717, 1.165) is 12.1 Å². The van der Waals surface area contributed by atoms with Crippen LogP contribution >= 0.6 is 0 Å². The highest BCUT2D eigenvalue weighted by atomic mass is 19.3. The highest BCUT2D eigenvalue weighted by molar-refractivity contribution is 5.83. The van der Waals surface area contributed by atoms with Gasteiger partial charge in [0.15, 0.2) is 17.4 Å². The summed E-state index contributed by atoms with van der Waals surface area (Å²) in [6, 6.07) is 4.64. The van der Waals surface area contributed by atoms with Crippen LogP contribution < -0.4 is 9.64 Å². The molecule has 0 unspecified atom stereocenters. The molecule has 1 aliphatic rings. The summed E-state index contributed by atoms with van der Waals surface area (Å²) in [6.45, 7) is 0.924. The van der Waals surface area contributed by atoms with Gasteiger partial charge in [0.25, 0.3) is 0 Å². The molecule has 0 saturated carbocycles. The fraction of sp³-hybridized carbons (Fsp3) is 0.385. The maximum Gasteiger partial charge on any atom is 0.333 e. The van der Waals surface area contributed by atoms with E-state index in [-0.39, 0.29) is 17.5 Å². The van der Waals surface area contributed by atoms with Crippen LogP contribution in [0.5, 0.6) is 5.75 Å². The summed E-state index contributed by atoms with van der Waals surface area (Å²) < 4.78 is 60.1. The number of rotatable bonds is 7. The molecule has 1 aliphatic heterocycles. The maximum absolute atomic E-state index is 14.0. The number of pyridine rings is 1. The normalized spacial score (nSPS) is 15.8. The van der Waals surface area contributed by atoms with Crippen LogP contribution in [0.2, 0.25) is 0 Å². The highest BCUT2D eigenvalue weighted by Crippen LogP contribution is 2.34. The standard InChI is InChI=1S/C26H26F4N6O3/c1-26(2,38)23(37)19-10-18-20(12-31-19)34-24(22(33-18)14-11-32-36(13-14)25(29)30)35-7-5-16(6-8-35)39-21-4-3-15(27)9-17(21)28/h3-4,9-13,16,23,25,37-38H,5-8H2,1-2H3/t23-/m0/s1. The summed E-state index contributed by atoms with van der Waals surface area (Å²) in [4.78, 5) is 15.5. The van der Waals surface area contributed by atoms with Crippen LogP contribution in [-0.2, 0) is 0 Å². The Kier molecular flexibility index (Phi) is 7.12. The predicted molar refractivity (Wildman–Crippen MR) is 133 cm³/mol. The van der Waals surface area contributed by atoms with Crippen molar-refractivity contribution in [2.45, 2.75) is 51.0 Å². The van der Waals surface area contributed by atoms with Crippen molar-refractivity contribution in [1.29, 1.82) is 0 Å². The van der Waals surface area contributed by atoms with Gasteiger partial charge in [-0.1, -0.05) is 0 Å². The second-order valence-corrected chi connectivity index (χ2v) is 9.92. The number of aliphatic hydroxyl groups excluding tert-OH is 1. The average molecular weight is 547 g/mol. The molecule has 0 amide bonds. The summed E-state index contributed by atoms with van der Waals surface area (Å²) in [5.74, 6) is -1.09. The molecule has 0 bridgehead atoms. The minimum atomic E-state index is -2.84. The molecular formula is C26H26F4N6O3. The van der Waals surface area contributed by atoms with E-state index < -0.39 is 29.9 Å². The molecule has 4 aromatic rings. The molecule has 5 rings (SSSR count). The Morgan fingerprint density at radius 2 is 1.79 bits per heavy atom. The summed E-state index contributed by atoms with van der Waals surface area (Å²) in [5.41, 5.74) is 0.0714. The van der Waals surface area contributed by atoms with E-state index in [1.807, 2.05) is 4.90 Å². The molecule has 0 spiro atoms. The van der Waals surface area contributed by atoms with Gasteiger partial charge in [-0.3, -0.25) is 4.98 Å². The van der Waals surface area contributed by atoms with Crippen molar-refractivity contribution < 1.29 is 32.5 Å². The molecule has 2 N–H and O–H groups in total. The fourth-order valence-corrected chi connectivity index (χ4v) is 4.39. The van der Waals surface area contributed by atoms with Crippen LogP contribution in [0.4, 0.5) is 23.4 Å². The van der Waals surface area contributed by atoms with Gasteiger partial charge in [0.05, 0.1) is 29.2 Å². The summed E-state index contributed by atoms with van der Waals surface area (Å²) in [6.07, 6.45) is 3.22. The second kappa shape index (κ2) is 10.4. The SMILES string of the molecule is CC(C)(O)[C@@H](O)c1cc2nc(-c3cnn(C(F)F)c3)c(N3CCC(Oc4ccc(F)cc4F)CC3)nc2cn1. The van der Waals surface area contributed by atoms with Gasteiger partial charge in [0.1, 0.15) is 29.2 Å². The number of fused-ring (bicyclic) bond motifs is 1. The van der Waals surface area contributed by atoms with Crippen LogP contribution in [0.3, 0.4) is 0 Å². The van der Waals surface area contributed by atoms with E-state index in [0.29, 0.717) is 58.7 Å². The Morgan fingerprint density at radius 3 is 2.44 bits per heavy atom. The summed E-state index contributed by atoms with van der Waals surface area (Å²) >= 11 is 0. The lowest BCUT2D eigenvalue weighted by Gasteiger charge is -2.33. The smallest absolute Gasteiger partial charge is 0.333 e. The number of anilines is 1. The molecule has 0 aliphatic carbocycles. The van der Waals surface area contributed by atoms with Gasteiger partial charge in [0, 0.05) is 43.8 Å². The van der Waals surface area contributed by atoms with E-state index in [1.165, 1.54) is 44.6 Å². The third-order valence-corrected chi connectivity index (χ3v) is 6.51. The van der Waals surface area contributed by atoms with Gasteiger partial charge >= 0.3 is 6.55 Å². The van der Waals surface area contributed by atoms with Gasteiger partial charge in [-0.2, -0.15) is 13.9 Å². The third kappa shape index (κ3) is 5.64. The quantitative estimate of drug-likeness (QED) is 0.328. The van der Waals surface area contributed by atoms with Gasteiger partial charge in [0.2, 0.25) is 0 Å². The Balaban J connectivity index is 1.46. The fourth-order valence-electron chi connectivity index (χ4n) is 4.39. The topological polar surface area (TPSA) is 109 Å². The molecule has 4 heterocycles. The van der Waals surface area contributed by atoms with Gasteiger partial charge in [-0.05, 0) is 32.0 Å². The molecule has 39 heavy (non-hydrogen) atoms. The van der Waals surface area contributed by atoms with Gasteiger partial charge in [-0.25, -0.2) is 23.4 Å². The average Bonchev–Trinajstić information content (AvgIpc) is 3.39. The first-order valence-electron chi connectivity index (χ1n) is 12.3. The first-order valence-corrected chi connectivity index (χ1v) is 12.3. The molecule has 206 valence electrons. The Bertz CT molecular complexity index is 1480. The van der Waals surface area contributed by atoms with Crippen molar-refractivity contribution in [2.75, 3.05) is 18.0 Å². The molecule has 1 atom stereocenters. The minimum absolute atomic E-state index is 0.0319. The zero-order valence-corrected chi connectivity index (χ0v) is 21.1. The molecule has 1 saturated heterocycles. The monoisotopic (exact) mass is 546 g/mol. The minimum Gasteiger partial charge on any atom is -0.487 e. The molecule has 13 heteroatoms. The number of aromatic nitrogens is 5. The van der Waals surface area contributed by atoms with Crippen LogP contribution in [-0.4, -0.2) is 59.7 Å². The second-order valence-electron chi connectivity index (χ2n) is 9.92. The van der Waals surface area contributed by atoms with Gasteiger partial charge in [-0.15, -0.1) is 0 Å². The Labute approximate surface area is 220 Å². The van der Waals surface area contributed by atoms with Crippen molar-refractivity contribution >= 4 is 16.9 Å². The number of alkyl halides is 2. The summed E-state index contributed by atoms with van der Waals surface area (Å²) in [7, 11) is 0. The van der Waals surface area contributed by atoms with Crippen LogP contribution in [0.25, 0.3) is 22.3 Å².